The van der Waals surface area contributed by atoms with Gasteiger partial charge in [-0.15, -0.1) is 0 Å². The zero-order valence-corrected chi connectivity index (χ0v) is 17.3. The lowest BCUT2D eigenvalue weighted by atomic mass is 9.97. The van der Waals surface area contributed by atoms with Crippen molar-refractivity contribution in [3.8, 4) is 0 Å². The molecule has 1 aliphatic heterocycles. The third-order valence-electron chi connectivity index (χ3n) is 5.16. The molecule has 0 saturated carbocycles. The lowest BCUT2D eigenvalue weighted by Crippen LogP contribution is -2.57. The molecular formula is C19H35N5O5. The van der Waals surface area contributed by atoms with Gasteiger partial charge in [-0.25, -0.2) is 0 Å². The second kappa shape index (κ2) is 13.1. The smallest absolute Gasteiger partial charge is 0.322 e. The van der Waals surface area contributed by atoms with Crippen molar-refractivity contribution in [2.75, 3.05) is 19.6 Å². The number of carbonyl (C=O) groups excluding carboxylic acids is 3. The molecule has 4 atom stereocenters. The van der Waals surface area contributed by atoms with Crippen LogP contribution in [0.25, 0.3) is 0 Å². The van der Waals surface area contributed by atoms with Crippen molar-refractivity contribution in [2.24, 2.45) is 11.7 Å². The van der Waals surface area contributed by atoms with Crippen molar-refractivity contribution in [3.63, 3.8) is 0 Å². The number of nitrogens with two attached hydrogens (primary N) is 1. The standard InChI is InChI=1S/C19H35N5O5/c1-3-12(2)16(24-18(28)13-8-6-10-21-13)19(29)23-14(7-4-5-9-20)17(27)22-11-15(25)26/h12-14,16,21H,3-11,20H2,1-2H3,(H,22,27)(H,23,29)(H,24,28)(H,25,26). The summed E-state index contributed by atoms with van der Waals surface area (Å²) >= 11 is 0. The average Bonchev–Trinajstić information content (AvgIpc) is 3.23. The largest absolute Gasteiger partial charge is 0.480 e. The third-order valence-corrected chi connectivity index (χ3v) is 5.16. The quantitative estimate of drug-likeness (QED) is 0.213. The van der Waals surface area contributed by atoms with E-state index in [2.05, 4.69) is 21.3 Å². The van der Waals surface area contributed by atoms with E-state index in [-0.39, 0.29) is 17.9 Å². The first-order valence-electron chi connectivity index (χ1n) is 10.3. The van der Waals surface area contributed by atoms with E-state index in [4.69, 9.17) is 10.8 Å². The SMILES string of the molecule is CCC(C)C(NC(=O)C1CCCN1)C(=O)NC(CCCCN)C(=O)NCC(=O)O. The van der Waals surface area contributed by atoms with Crippen LogP contribution in [0.5, 0.6) is 0 Å². The number of carbonyl (C=O) groups is 4. The van der Waals surface area contributed by atoms with Gasteiger partial charge in [-0.2, -0.15) is 0 Å². The molecule has 0 aliphatic carbocycles. The number of amides is 3. The van der Waals surface area contributed by atoms with Gasteiger partial charge in [0.15, 0.2) is 0 Å². The molecule has 1 saturated heterocycles. The van der Waals surface area contributed by atoms with E-state index in [0.29, 0.717) is 32.2 Å². The third kappa shape index (κ3) is 8.78. The Morgan fingerprint density at radius 2 is 1.90 bits per heavy atom. The van der Waals surface area contributed by atoms with Crippen molar-refractivity contribution < 1.29 is 24.3 Å². The first-order chi connectivity index (χ1) is 13.8. The Balaban J connectivity index is 2.81. The van der Waals surface area contributed by atoms with E-state index < -0.39 is 36.4 Å². The summed E-state index contributed by atoms with van der Waals surface area (Å²) < 4.78 is 0. The maximum absolute atomic E-state index is 12.9. The molecule has 0 aromatic heterocycles. The van der Waals surface area contributed by atoms with E-state index >= 15 is 0 Å². The Kier molecular flexibility index (Phi) is 11.2. The van der Waals surface area contributed by atoms with E-state index in [9.17, 15) is 19.2 Å². The molecule has 1 aliphatic rings. The number of hydrogen-bond donors (Lipinski definition) is 6. The maximum atomic E-state index is 12.9. The molecule has 7 N–H and O–H groups in total. The van der Waals surface area contributed by atoms with Crippen LogP contribution in [0.2, 0.25) is 0 Å². The Hall–Kier alpha value is -2.20. The summed E-state index contributed by atoms with van der Waals surface area (Å²) in [6, 6.07) is -1.98. The van der Waals surface area contributed by atoms with Gasteiger partial charge in [-0.05, 0) is 51.1 Å². The summed E-state index contributed by atoms with van der Waals surface area (Å²) in [6.45, 7) is 4.48. The highest BCUT2D eigenvalue weighted by Gasteiger charge is 2.32. The topological polar surface area (TPSA) is 163 Å². The number of unbranched alkanes of at least 4 members (excludes halogenated alkanes) is 1. The molecule has 0 spiro atoms. The van der Waals surface area contributed by atoms with Crippen LogP contribution in [-0.4, -0.2) is 66.6 Å². The second-order valence-electron chi connectivity index (χ2n) is 7.48. The van der Waals surface area contributed by atoms with Crippen LogP contribution in [0.15, 0.2) is 0 Å². The average molecular weight is 414 g/mol. The van der Waals surface area contributed by atoms with Gasteiger partial charge < -0.3 is 32.1 Å². The number of rotatable bonds is 13. The van der Waals surface area contributed by atoms with Gasteiger partial charge in [0.1, 0.15) is 18.6 Å². The summed E-state index contributed by atoms with van der Waals surface area (Å²) in [4.78, 5) is 48.5. The number of carboxylic acid groups (broad SMARTS) is 1. The number of aliphatic carboxylic acids is 1. The molecule has 10 nitrogen and oxygen atoms in total. The lowest BCUT2D eigenvalue weighted by Gasteiger charge is -2.27. The van der Waals surface area contributed by atoms with E-state index in [1.807, 2.05) is 13.8 Å². The normalized spacial score (nSPS) is 19.1. The summed E-state index contributed by atoms with van der Waals surface area (Å²) in [7, 11) is 0. The van der Waals surface area contributed by atoms with Gasteiger partial charge >= 0.3 is 5.97 Å². The van der Waals surface area contributed by atoms with Crippen LogP contribution >= 0.6 is 0 Å². The molecule has 1 heterocycles. The fraction of sp³-hybridized carbons (Fsp3) is 0.789. The molecule has 1 fully saturated rings. The van der Waals surface area contributed by atoms with Crippen molar-refractivity contribution >= 4 is 23.7 Å². The second-order valence-corrected chi connectivity index (χ2v) is 7.48. The van der Waals surface area contributed by atoms with Gasteiger partial charge in [-0.1, -0.05) is 20.3 Å². The van der Waals surface area contributed by atoms with Gasteiger partial charge in [0.05, 0.1) is 6.04 Å². The van der Waals surface area contributed by atoms with Gasteiger partial charge in [0, 0.05) is 0 Å². The zero-order chi connectivity index (χ0) is 21.8. The number of nitrogens with one attached hydrogen (secondary N) is 4. The Bertz CT molecular complexity index is 565. The first kappa shape index (κ1) is 24.8. The van der Waals surface area contributed by atoms with Crippen LogP contribution in [0, 0.1) is 5.92 Å². The van der Waals surface area contributed by atoms with Gasteiger partial charge in [0.2, 0.25) is 17.7 Å². The minimum Gasteiger partial charge on any atom is -0.480 e. The molecule has 1 rings (SSSR count). The highest BCUT2D eigenvalue weighted by Crippen LogP contribution is 2.12. The molecule has 29 heavy (non-hydrogen) atoms. The van der Waals surface area contributed by atoms with Gasteiger partial charge in [0.25, 0.3) is 0 Å². The fourth-order valence-corrected chi connectivity index (χ4v) is 3.17. The Morgan fingerprint density at radius 1 is 1.17 bits per heavy atom. The monoisotopic (exact) mass is 413 g/mol. The summed E-state index contributed by atoms with van der Waals surface area (Å²) in [5.41, 5.74) is 5.49. The minimum absolute atomic E-state index is 0.132. The van der Waals surface area contributed by atoms with Crippen molar-refractivity contribution in [3.05, 3.63) is 0 Å². The molecule has 4 unspecified atom stereocenters. The van der Waals surface area contributed by atoms with Crippen molar-refractivity contribution in [1.82, 2.24) is 21.3 Å². The van der Waals surface area contributed by atoms with E-state index in [0.717, 1.165) is 19.4 Å². The molecule has 166 valence electrons. The molecule has 3 amide bonds. The first-order valence-corrected chi connectivity index (χ1v) is 10.3. The van der Waals surface area contributed by atoms with E-state index in [1.165, 1.54) is 0 Å². The van der Waals surface area contributed by atoms with Gasteiger partial charge in [-0.3, -0.25) is 19.2 Å². The van der Waals surface area contributed by atoms with Crippen LogP contribution in [0.1, 0.15) is 52.4 Å². The zero-order valence-electron chi connectivity index (χ0n) is 17.3. The van der Waals surface area contributed by atoms with Crippen LogP contribution in [-0.2, 0) is 19.2 Å². The highest BCUT2D eigenvalue weighted by molar-refractivity contribution is 5.93. The summed E-state index contributed by atoms with van der Waals surface area (Å²) in [5, 5.41) is 19.7. The Morgan fingerprint density at radius 3 is 2.45 bits per heavy atom. The van der Waals surface area contributed by atoms with E-state index in [1.54, 1.807) is 0 Å². The molecule has 0 bridgehead atoms. The van der Waals surface area contributed by atoms with Crippen LogP contribution in [0.4, 0.5) is 0 Å². The van der Waals surface area contributed by atoms with Crippen LogP contribution < -0.4 is 27.0 Å². The molecule has 0 aromatic carbocycles. The highest BCUT2D eigenvalue weighted by atomic mass is 16.4. The predicted octanol–water partition coefficient (Wildman–Crippen LogP) is -0.916. The molecule has 0 radical (unpaired) electrons. The summed E-state index contributed by atoms with van der Waals surface area (Å²) in [6.07, 6.45) is 3.91. The fourth-order valence-electron chi connectivity index (χ4n) is 3.17. The molecule has 0 aromatic rings. The number of hydrogen-bond acceptors (Lipinski definition) is 6. The molecule has 10 heteroatoms. The predicted molar refractivity (Wildman–Crippen MR) is 108 cm³/mol. The summed E-state index contributed by atoms with van der Waals surface area (Å²) in [5.74, 6) is -2.54. The van der Waals surface area contributed by atoms with Crippen molar-refractivity contribution in [1.29, 1.82) is 0 Å². The lowest BCUT2D eigenvalue weighted by molar-refractivity contribution is -0.138. The van der Waals surface area contributed by atoms with Crippen LogP contribution in [0.3, 0.4) is 0 Å². The van der Waals surface area contributed by atoms with Crippen molar-refractivity contribution in [2.45, 2.75) is 70.5 Å². The maximum Gasteiger partial charge on any atom is 0.322 e. The minimum atomic E-state index is -1.17. The Labute approximate surface area is 171 Å². The molecular weight excluding hydrogens is 378 g/mol. The number of carboxylic acids is 1.